The van der Waals surface area contributed by atoms with Gasteiger partial charge in [0.15, 0.2) is 0 Å². The van der Waals surface area contributed by atoms with Crippen molar-refractivity contribution in [1.82, 2.24) is 20.6 Å². The van der Waals surface area contributed by atoms with Crippen LogP contribution < -0.4 is 10.6 Å². The van der Waals surface area contributed by atoms with Crippen LogP contribution in [0.5, 0.6) is 0 Å². The predicted octanol–water partition coefficient (Wildman–Crippen LogP) is 5.42. The molecule has 0 amide bonds. The molecule has 37 heavy (non-hydrogen) atoms. The Hall–Kier alpha value is -2.54. The maximum Gasteiger partial charge on any atom is 0.145 e. The number of aliphatic hydroxyl groups is 1. The largest absolute Gasteiger partial charge is 0.377 e. The summed E-state index contributed by atoms with van der Waals surface area (Å²) in [4.78, 5) is 6.93. The van der Waals surface area contributed by atoms with Crippen LogP contribution >= 0.6 is 23.2 Å². The average molecular weight is 548 g/mol. The Bertz CT molecular complexity index is 1290. The van der Waals surface area contributed by atoms with Gasteiger partial charge in [-0.15, -0.1) is 0 Å². The molecule has 0 aliphatic carbocycles. The minimum atomic E-state index is -1.60. The van der Waals surface area contributed by atoms with Crippen LogP contribution in [0.3, 0.4) is 0 Å². The van der Waals surface area contributed by atoms with Gasteiger partial charge in [0.05, 0.1) is 23.5 Å². The number of nitrogens with zero attached hydrogens (tertiary/aromatic N) is 2. The van der Waals surface area contributed by atoms with Crippen molar-refractivity contribution in [1.29, 1.82) is 5.26 Å². The van der Waals surface area contributed by atoms with E-state index < -0.39 is 41.3 Å². The van der Waals surface area contributed by atoms with Crippen molar-refractivity contribution in [3.8, 4) is 6.07 Å². The summed E-state index contributed by atoms with van der Waals surface area (Å²) in [5.41, 5.74) is -0.976. The predicted molar refractivity (Wildman–Crippen MR) is 139 cm³/mol. The fourth-order valence-electron chi connectivity index (χ4n) is 5.38. The van der Waals surface area contributed by atoms with Gasteiger partial charge in [-0.3, -0.25) is 5.32 Å². The van der Waals surface area contributed by atoms with E-state index in [1.807, 2.05) is 20.8 Å². The minimum Gasteiger partial charge on any atom is -0.377 e. The number of nitriles is 1. The summed E-state index contributed by atoms with van der Waals surface area (Å²) in [7, 11) is 0. The molecule has 10 heteroatoms. The molecule has 2 heterocycles. The summed E-state index contributed by atoms with van der Waals surface area (Å²) in [5.74, 6) is -2.40. The van der Waals surface area contributed by atoms with Gasteiger partial charge in [0.2, 0.25) is 0 Å². The standard InChI is InChI=1S/C27H29Cl2F2N5O/c1-26(2,3)10-21-27(13-32,18-8-7-15(28)9-20(18)30)22(17-5-4-6-19(29)23(17)31)24(36-21)25(37)34-12-16-11-33-14-35-16/h4-9,11,14,21-22,24-25,34,36-37H,10,12H2,1-3H3,(H,33,35). The Morgan fingerprint density at radius 1 is 1.24 bits per heavy atom. The van der Waals surface area contributed by atoms with E-state index in [1.54, 1.807) is 12.3 Å². The zero-order chi connectivity index (χ0) is 27.0. The van der Waals surface area contributed by atoms with E-state index in [0.29, 0.717) is 6.42 Å². The highest BCUT2D eigenvalue weighted by molar-refractivity contribution is 6.31. The minimum absolute atomic E-state index is 0.0776. The molecule has 5 unspecified atom stereocenters. The lowest BCUT2D eigenvalue weighted by molar-refractivity contribution is 0.0883. The number of imidazole rings is 1. The first-order valence-electron chi connectivity index (χ1n) is 11.9. The van der Waals surface area contributed by atoms with E-state index in [4.69, 9.17) is 23.2 Å². The van der Waals surface area contributed by atoms with Crippen LogP contribution in [0.25, 0.3) is 0 Å². The highest BCUT2D eigenvalue weighted by atomic mass is 35.5. The third kappa shape index (κ3) is 5.38. The fourth-order valence-corrected chi connectivity index (χ4v) is 5.72. The molecule has 0 spiro atoms. The molecule has 1 aromatic heterocycles. The second-order valence-electron chi connectivity index (χ2n) is 10.6. The molecular weight excluding hydrogens is 519 g/mol. The number of benzene rings is 2. The summed E-state index contributed by atoms with van der Waals surface area (Å²) in [6.07, 6.45) is 2.33. The van der Waals surface area contributed by atoms with Crippen molar-refractivity contribution >= 4 is 23.2 Å². The van der Waals surface area contributed by atoms with Gasteiger partial charge in [-0.25, -0.2) is 13.8 Å². The van der Waals surface area contributed by atoms with E-state index in [9.17, 15) is 10.4 Å². The van der Waals surface area contributed by atoms with Crippen LogP contribution in [-0.4, -0.2) is 33.4 Å². The molecule has 1 aliphatic rings. The Morgan fingerprint density at radius 3 is 2.62 bits per heavy atom. The van der Waals surface area contributed by atoms with Crippen molar-refractivity contribution in [3.63, 3.8) is 0 Å². The second kappa shape index (κ2) is 10.7. The van der Waals surface area contributed by atoms with Crippen LogP contribution in [0, 0.1) is 28.4 Å². The third-order valence-electron chi connectivity index (χ3n) is 6.88. The normalized spacial score (nSPS) is 24.7. The molecule has 1 saturated heterocycles. The first-order chi connectivity index (χ1) is 17.5. The summed E-state index contributed by atoms with van der Waals surface area (Å²) < 4.78 is 31.2. The molecule has 0 radical (unpaired) electrons. The molecule has 196 valence electrons. The van der Waals surface area contributed by atoms with E-state index in [-0.39, 0.29) is 33.1 Å². The van der Waals surface area contributed by atoms with Crippen LogP contribution in [0.2, 0.25) is 10.0 Å². The third-order valence-corrected chi connectivity index (χ3v) is 7.41. The molecule has 2 aromatic carbocycles. The Labute approximate surface area is 225 Å². The lowest BCUT2D eigenvalue weighted by Gasteiger charge is -2.38. The van der Waals surface area contributed by atoms with Crippen molar-refractivity contribution in [2.45, 2.75) is 63.4 Å². The summed E-state index contributed by atoms with van der Waals surface area (Å²) >= 11 is 12.2. The van der Waals surface area contributed by atoms with Gasteiger partial charge >= 0.3 is 0 Å². The quantitative estimate of drug-likeness (QED) is 0.296. The number of aliphatic hydroxyl groups excluding tert-OH is 1. The van der Waals surface area contributed by atoms with Crippen molar-refractivity contribution in [3.05, 3.63) is 87.4 Å². The highest BCUT2D eigenvalue weighted by Gasteiger charge is 2.60. The second-order valence-corrected chi connectivity index (χ2v) is 11.5. The zero-order valence-corrected chi connectivity index (χ0v) is 22.2. The summed E-state index contributed by atoms with van der Waals surface area (Å²) in [6, 6.07) is 9.50. The number of halogens is 4. The highest BCUT2D eigenvalue weighted by Crippen LogP contribution is 2.53. The average Bonchev–Trinajstić information content (AvgIpc) is 3.45. The number of rotatable bonds is 7. The molecule has 5 atom stereocenters. The molecule has 1 fully saturated rings. The monoisotopic (exact) mass is 547 g/mol. The molecule has 0 bridgehead atoms. The lowest BCUT2D eigenvalue weighted by atomic mass is 9.62. The smallest absolute Gasteiger partial charge is 0.145 e. The molecular formula is C27H29Cl2F2N5O. The van der Waals surface area contributed by atoms with Crippen molar-refractivity contribution in [2.24, 2.45) is 5.41 Å². The maximum atomic E-state index is 15.6. The first kappa shape index (κ1) is 27.5. The van der Waals surface area contributed by atoms with E-state index in [1.165, 1.54) is 30.6 Å². The number of aromatic nitrogens is 2. The van der Waals surface area contributed by atoms with Crippen LogP contribution in [0.15, 0.2) is 48.9 Å². The molecule has 1 aliphatic heterocycles. The van der Waals surface area contributed by atoms with Gasteiger partial charge in [0.1, 0.15) is 23.3 Å². The zero-order valence-electron chi connectivity index (χ0n) is 20.7. The number of aromatic amines is 1. The summed E-state index contributed by atoms with van der Waals surface area (Å²) in [5, 5.41) is 28.7. The van der Waals surface area contributed by atoms with Crippen LogP contribution in [0.4, 0.5) is 8.78 Å². The van der Waals surface area contributed by atoms with Crippen molar-refractivity contribution in [2.75, 3.05) is 0 Å². The molecule has 3 aromatic rings. The molecule has 4 rings (SSSR count). The van der Waals surface area contributed by atoms with Gasteiger partial charge < -0.3 is 15.4 Å². The maximum absolute atomic E-state index is 15.6. The number of hydrogen-bond donors (Lipinski definition) is 4. The van der Waals surface area contributed by atoms with E-state index >= 15 is 8.78 Å². The Balaban J connectivity index is 1.92. The van der Waals surface area contributed by atoms with Crippen molar-refractivity contribution < 1.29 is 13.9 Å². The van der Waals surface area contributed by atoms with Crippen LogP contribution in [-0.2, 0) is 12.0 Å². The lowest BCUT2D eigenvalue weighted by Crippen LogP contribution is -2.48. The number of nitrogens with one attached hydrogen (secondary N) is 3. The Kier molecular flexibility index (Phi) is 7.93. The topological polar surface area (TPSA) is 96.8 Å². The van der Waals surface area contributed by atoms with Gasteiger partial charge in [-0.05, 0) is 35.6 Å². The first-order valence-corrected chi connectivity index (χ1v) is 12.7. The SMILES string of the molecule is CC(C)(C)CC1NC(C(O)NCc2cnc[nH]2)C(c2cccc(Cl)c2F)C1(C#N)c1ccc(Cl)cc1F. The van der Waals surface area contributed by atoms with Gasteiger partial charge in [0.25, 0.3) is 0 Å². The molecule has 0 saturated carbocycles. The molecule has 6 nitrogen and oxygen atoms in total. The van der Waals surface area contributed by atoms with Gasteiger partial charge in [-0.1, -0.05) is 62.2 Å². The van der Waals surface area contributed by atoms with E-state index in [0.717, 1.165) is 11.8 Å². The summed E-state index contributed by atoms with van der Waals surface area (Å²) in [6.45, 7) is 6.25. The molecule has 4 N–H and O–H groups in total. The number of hydrogen-bond acceptors (Lipinski definition) is 5. The Morgan fingerprint density at radius 2 is 2.00 bits per heavy atom. The fraction of sp³-hybridized carbons (Fsp3) is 0.407. The van der Waals surface area contributed by atoms with Gasteiger partial charge in [0, 0.05) is 41.0 Å². The van der Waals surface area contributed by atoms with Gasteiger partial charge in [-0.2, -0.15) is 5.26 Å². The van der Waals surface area contributed by atoms with E-state index in [2.05, 4.69) is 26.7 Å². The number of H-pyrrole nitrogens is 1. The van der Waals surface area contributed by atoms with Crippen LogP contribution in [0.1, 0.15) is 49.9 Å².